The van der Waals surface area contributed by atoms with Gasteiger partial charge in [-0.25, -0.2) is 8.42 Å². The third-order valence-electron chi connectivity index (χ3n) is 5.21. The summed E-state index contributed by atoms with van der Waals surface area (Å²) < 4.78 is 34.2. The Morgan fingerprint density at radius 2 is 1.87 bits per heavy atom. The number of amides is 1. The molecule has 0 radical (unpaired) electrons. The molecule has 1 aliphatic rings. The standard InChI is InChI=1S/C21H24N4O4S/c1-23-15-20(14-22-23)30(27,28)25-10-4-9-24(11-12-25)21(26)16-29-19-8-7-17-5-2-3-6-18(17)13-19/h2-3,5-8,13-15H,4,9-12,16H2,1H3. The van der Waals surface area contributed by atoms with E-state index in [2.05, 4.69) is 5.10 Å². The van der Waals surface area contributed by atoms with Crippen molar-refractivity contribution in [3.8, 4) is 5.75 Å². The first-order valence-electron chi connectivity index (χ1n) is 9.82. The van der Waals surface area contributed by atoms with E-state index in [4.69, 9.17) is 4.74 Å². The molecule has 0 bridgehead atoms. The summed E-state index contributed by atoms with van der Waals surface area (Å²) in [6.45, 7) is 1.37. The number of hydrogen-bond donors (Lipinski definition) is 0. The number of aryl methyl sites for hydroxylation is 1. The molecule has 1 saturated heterocycles. The maximum Gasteiger partial charge on any atom is 0.260 e. The Bertz CT molecular complexity index is 1160. The van der Waals surface area contributed by atoms with Crippen LogP contribution in [0.25, 0.3) is 10.8 Å². The van der Waals surface area contributed by atoms with Crippen LogP contribution in [0.15, 0.2) is 59.8 Å². The highest BCUT2D eigenvalue weighted by Gasteiger charge is 2.29. The fourth-order valence-corrected chi connectivity index (χ4v) is 5.01. The molecule has 3 aromatic rings. The summed E-state index contributed by atoms with van der Waals surface area (Å²) in [6, 6.07) is 13.7. The Labute approximate surface area is 175 Å². The zero-order valence-corrected chi connectivity index (χ0v) is 17.6. The number of ether oxygens (including phenoxy) is 1. The monoisotopic (exact) mass is 428 g/mol. The van der Waals surface area contributed by atoms with Crippen LogP contribution in [-0.2, 0) is 21.9 Å². The van der Waals surface area contributed by atoms with Gasteiger partial charge in [0.05, 0.1) is 6.20 Å². The number of nitrogens with zero attached hydrogens (tertiary/aromatic N) is 4. The number of sulfonamides is 1. The molecule has 2 heterocycles. The highest BCUT2D eigenvalue weighted by Crippen LogP contribution is 2.21. The van der Waals surface area contributed by atoms with Gasteiger partial charge in [0.1, 0.15) is 10.6 Å². The van der Waals surface area contributed by atoms with Gasteiger partial charge in [0.2, 0.25) is 10.0 Å². The molecule has 0 atom stereocenters. The Balaban J connectivity index is 1.36. The number of carbonyl (C=O) groups excluding carboxylic acids is 1. The number of carbonyl (C=O) groups is 1. The molecule has 30 heavy (non-hydrogen) atoms. The molecule has 4 rings (SSSR count). The first-order valence-corrected chi connectivity index (χ1v) is 11.3. The van der Waals surface area contributed by atoms with E-state index >= 15 is 0 Å². The SMILES string of the molecule is Cn1cc(S(=O)(=O)N2CCCN(C(=O)COc3ccc4ccccc4c3)CC2)cn1. The average Bonchev–Trinajstić information content (AvgIpc) is 3.04. The second-order valence-corrected chi connectivity index (χ2v) is 9.22. The van der Waals surface area contributed by atoms with Gasteiger partial charge in [-0.15, -0.1) is 0 Å². The van der Waals surface area contributed by atoms with Crippen molar-refractivity contribution in [1.29, 1.82) is 0 Å². The molecule has 1 aliphatic heterocycles. The van der Waals surface area contributed by atoms with Gasteiger partial charge < -0.3 is 9.64 Å². The molecule has 158 valence electrons. The average molecular weight is 429 g/mol. The lowest BCUT2D eigenvalue weighted by Crippen LogP contribution is -2.39. The predicted octanol–water partition coefficient (Wildman–Crippen LogP) is 1.88. The zero-order valence-electron chi connectivity index (χ0n) is 16.8. The van der Waals surface area contributed by atoms with Crippen LogP contribution in [0.4, 0.5) is 0 Å². The van der Waals surface area contributed by atoms with Gasteiger partial charge in [-0.2, -0.15) is 9.40 Å². The summed E-state index contributed by atoms with van der Waals surface area (Å²) in [4.78, 5) is 14.5. The normalized spacial score (nSPS) is 15.8. The second-order valence-electron chi connectivity index (χ2n) is 7.29. The van der Waals surface area contributed by atoms with Crippen LogP contribution in [0.2, 0.25) is 0 Å². The third-order valence-corrected chi connectivity index (χ3v) is 7.06. The molecule has 8 nitrogen and oxygen atoms in total. The van der Waals surface area contributed by atoms with Crippen molar-refractivity contribution in [3.63, 3.8) is 0 Å². The van der Waals surface area contributed by atoms with E-state index in [9.17, 15) is 13.2 Å². The molecular formula is C21H24N4O4S. The molecule has 0 saturated carbocycles. The fourth-order valence-electron chi connectivity index (χ4n) is 3.56. The predicted molar refractivity (Wildman–Crippen MR) is 113 cm³/mol. The van der Waals surface area contributed by atoms with Crippen LogP contribution in [0.1, 0.15) is 6.42 Å². The van der Waals surface area contributed by atoms with Crippen LogP contribution < -0.4 is 4.74 Å². The number of benzene rings is 2. The maximum atomic E-state index is 12.8. The topological polar surface area (TPSA) is 84.7 Å². The summed E-state index contributed by atoms with van der Waals surface area (Å²) >= 11 is 0. The molecule has 1 amide bonds. The maximum absolute atomic E-state index is 12.8. The van der Waals surface area contributed by atoms with E-state index in [1.807, 2.05) is 42.5 Å². The van der Waals surface area contributed by atoms with Crippen molar-refractivity contribution >= 4 is 26.7 Å². The van der Waals surface area contributed by atoms with Crippen molar-refractivity contribution < 1.29 is 17.9 Å². The Hall–Kier alpha value is -2.91. The van der Waals surface area contributed by atoms with Crippen molar-refractivity contribution in [2.45, 2.75) is 11.3 Å². The Morgan fingerprint density at radius 1 is 1.07 bits per heavy atom. The number of fused-ring (bicyclic) bond motifs is 1. The van der Waals surface area contributed by atoms with E-state index in [0.29, 0.717) is 31.8 Å². The van der Waals surface area contributed by atoms with Crippen LogP contribution >= 0.6 is 0 Å². The molecule has 0 spiro atoms. The van der Waals surface area contributed by atoms with E-state index < -0.39 is 10.0 Å². The third kappa shape index (κ3) is 4.31. The van der Waals surface area contributed by atoms with Gasteiger partial charge in [0.15, 0.2) is 6.61 Å². The zero-order chi connectivity index (χ0) is 21.1. The van der Waals surface area contributed by atoms with E-state index in [0.717, 1.165) is 10.8 Å². The summed E-state index contributed by atoms with van der Waals surface area (Å²) in [5.41, 5.74) is 0. The van der Waals surface area contributed by atoms with Gasteiger partial charge in [-0.1, -0.05) is 30.3 Å². The van der Waals surface area contributed by atoms with Gasteiger partial charge in [0, 0.05) is 39.4 Å². The first kappa shape index (κ1) is 20.4. The molecule has 9 heteroatoms. The lowest BCUT2D eigenvalue weighted by molar-refractivity contribution is -0.133. The number of rotatable bonds is 5. The van der Waals surface area contributed by atoms with Crippen LogP contribution in [-0.4, -0.2) is 66.1 Å². The largest absolute Gasteiger partial charge is 0.484 e. The summed E-state index contributed by atoms with van der Waals surface area (Å²) in [5, 5.41) is 6.11. The van der Waals surface area contributed by atoms with Gasteiger partial charge in [-0.05, 0) is 29.3 Å². The lowest BCUT2D eigenvalue weighted by Gasteiger charge is -2.21. The van der Waals surface area contributed by atoms with Crippen LogP contribution in [0, 0.1) is 0 Å². The van der Waals surface area contributed by atoms with Crippen molar-refractivity contribution in [3.05, 3.63) is 54.9 Å². The first-order chi connectivity index (χ1) is 14.4. The Kier molecular flexibility index (Phi) is 5.74. The molecule has 0 unspecified atom stereocenters. The minimum Gasteiger partial charge on any atom is -0.484 e. The number of hydrogen-bond acceptors (Lipinski definition) is 5. The van der Waals surface area contributed by atoms with E-state index in [-0.39, 0.29) is 24.0 Å². The second kappa shape index (κ2) is 8.45. The Morgan fingerprint density at radius 3 is 2.63 bits per heavy atom. The summed E-state index contributed by atoms with van der Waals surface area (Å²) in [5.74, 6) is 0.487. The fraction of sp³-hybridized carbons (Fsp3) is 0.333. The summed E-state index contributed by atoms with van der Waals surface area (Å²) in [6.07, 6.45) is 3.41. The van der Waals surface area contributed by atoms with E-state index in [1.54, 1.807) is 11.9 Å². The molecule has 2 aromatic carbocycles. The van der Waals surface area contributed by atoms with Crippen molar-refractivity contribution in [2.24, 2.45) is 7.05 Å². The summed E-state index contributed by atoms with van der Waals surface area (Å²) in [7, 11) is -1.93. The minimum atomic E-state index is -3.61. The van der Waals surface area contributed by atoms with Gasteiger partial charge in [-0.3, -0.25) is 9.48 Å². The van der Waals surface area contributed by atoms with Crippen LogP contribution in [0.5, 0.6) is 5.75 Å². The molecule has 0 N–H and O–H groups in total. The molecular weight excluding hydrogens is 404 g/mol. The number of aromatic nitrogens is 2. The van der Waals surface area contributed by atoms with E-state index in [1.165, 1.54) is 21.4 Å². The highest BCUT2D eigenvalue weighted by molar-refractivity contribution is 7.89. The molecule has 0 aliphatic carbocycles. The quantitative estimate of drug-likeness (QED) is 0.620. The molecule has 1 fully saturated rings. The van der Waals surface area contributed by atoms with Gasteiger partial charge >= 0.3 is 0 Å². The lowest BCUT2D eigenvalue weighted by atomic mass is 10.1. The van der Waals surface area contributed by atoms with Crippen LogP contribution in [0.3, 0.4) is 0 Å². The highest BCUT2D eigenvalue weighted by atomic mass is 32.2. The minimum absolute atomic E-state index is 0.0757. The van der Waals surface area contributed by atoms with Crippen molar-refractivity contribution in [2.75, 3.05) is 32.8 Å². The smallest absolute Gasteiger partial charge is 0.260 e. The molecule has 1 aromatic heterocycles. The van der Waals surface area contributed by atoms with Gasteiger partial charge in [0.25, 0.3) is 5.91 Å². The van der Waals surface area contributed by atoms with Crippen molar-refractivity contribution in [1.82, 2.24) is 19.0 Å².